The Morgan fingerprint density at radius 3 is 2.61 bits per heavy atom. The highest BCUT2D eigenvalue weighted by atomic mass is 19.3. The van der Waals surface area contributed by atoms with E-state index >= 15 is 0 Å². The number of fused-ring (bicyclic) bond motifs is 1. The van der Waals surface area contributed by atoms with Gasteiger partial charge < -0.3 is 19.5 Å². The Labute approximate surface area is 177 Å². The molecule has 2 atom stereocenters. The Morgan fingerprint density at radius 1 is 1.19 bits per heavy atom. The van der Waals surface area contributed by atoms with Crippen LogP contribution >= 0.6 is 0 Å². The molecule has 1 aliphatic heterocycles. The molecule has 1 fully saturated rings. The minimum atomic E-state index is -2.80. The number of hydrogen-bond acceptors (Lipinski definition) is 6. The largest absolute Gasteiger partial charge is 0.493 e. The highest BCUT2D eigenvalue weighted by Crippen LogP contribution is 2.36. The minimum absolute atomic E-state index is 0.0342. The molecule has 1 saturated heterocycles. The van der Waals surface area contributed by atoms with Crippen molar-refractivity contribution in [1.82, 2.24) is 19.9 Å². The zero-order chi connectivity index (χ0) is 22.1. The van der Waals surface area contributed by atoms with Crippen LogP contribution in [0.5, 0.6) is 17.4 Å². The van der Waals surface area contributed by atoms with Gasteiger partial charge in [0.05, 0.1) is 25.4 Å². The van der Waals surface area contributed by atoms with Crippen molar-refractivity contribution in [3.63, 3.8) is 0 Å². The number of rotatable bonds is 7. The molecular formula is C21H22F2N4O4. The third kappa shape index (κ3) is 3.97. The summed E-state index contributed by atoms with van der Waals surface area (Å²) in [6.07, 6.45) is 0.956. The zero-order valence-corrected chi connectivity index (χ0v) is 17.3. The summed E-state index contributed by atoms with van der Waals surface area (Å²) in [6.45, 7) is -0.539. The van der Waals surface area contributed by atoms with E-state index in [1.165, 1.54) is 14.2 Å². The lowest BCUT2D eigenvalue weighted by molar-refractivity contribution is -0.119. The molecule has 8 nitrogen and oxygen atoms in total. The molecule has 10 heteroatoms. The van der Waals surface area contributed by atoms with Gasteiger partial charge in [-0.3, -0.25) is 9.36 Å². The summed E-state index contributed by atoms with van der Waals surface area (Å²) in [5, 5.41) is 2.76. The number of methoxy groups -OCH3 is 2. The van der Waals surface area contributed by atoms with Crippen LogP contribution in [0.3, 0.4) is 0 Å². The number of alkyl halides is 2. The van der Waals surface area contributed by atoms with Crippen molar-refractivity contribution < 1.29 is 27.8 Å². The molecule has 0 aliphatic carbocycles. The van der Waals surface area contributed by atoms with Gasteiger partial charge in [-0.1, -0.05) is 0 Å². The summed E-state index contributed by atoms with van der Waals surface area (Å²) in [6, 6.07) is 6.88. The maximum absolute atomic E-state index is 13.6. The molecule has 1 amide bonds. The number of amides is 1. The van der Waals surface area contributed by atoms with Crippen LogP contribution in [0.2, 0.25) is 0 Å². The van der Waals surface area contributed by atoms with Crippen LogP contribution in [0, 0.1) is 5.92 Å². The summed E-state index contributed by atoms with van der Waals surface area (Å²) in [4.78, 5) is 20.2. The van der Waals surface area contributed by atoms with E-state index in [9.17, 15) is 13.6 Å². The molecule has 4 rings (SSSR count). The number of benzene rings is 1. The lowest BCUT2D eigenvalue weighted by Gasteiger charge is -2.20. The molecule has 3 aromatic rings. The van der Waals surface area contributed by atoms with Crippen molar-refractivity contribution in [1.29, 1.82) is 0 Å². The Morgan fingerprint density at radius 2 is 1.97 bits per heavy atom. The number of aromatic nitrogens is 3. The van der Waals surface area contributed by atoms with E-state index < -0.39 is 12.7 Å². The molecule has 31 heavy (non-hydrogen) atoms. The summed E-state index contributed by atoms with van der Waals surface area (Å²) >= 11 is 0. The number of carbonyl (C=O) groups is 1. The third-order valence-electron chi connectivity index (χ3n) is 5.38. The van der Waals surface area contributed by atoms with Gasteiger partial charge in [-0.05, 0) is 31.2 Å². The quantitative estimate of drug-likeness (QED) is 0.616. The zero-order valence-electron chi connectivity index (χ0n) is 17.3. The Kier molecular flexibility index (Phi) is 5.62. The molecule has 0 saturated carbocycles. The first-order chi connectivity index (χ1) is 14.9. The van der Waals surface area contributed by atoms with Crippen molar-refractivity contribution in [2.45, 2.75) is 26.0 Å². The second-order valence-electron chi connectivity index (χ2n) is 7.27. The van der Waals surface area contributed by atoms with Gasteiger partial charge in [0, 0.05) is 24.4 Å². The summed E-state index contributed by atoms with van der Waals surface area (Å²) < 4.78 is 44.5. The topological polar surface area (TPSA) is 87.5 Å². The second-order valence-corrected chi connectivity index (χ2v) is 7.27. The first kappa shape index (κ1) is 20.8. The monoisotopic (exact) mass is 432 g/mol. The van der Waals surface area contributed by atoms with E-state index in [0.29, 0.717) is 41.2 Å². The maximum Gasteiger partial charge on any atom is 0.320 e. The second kappa shape index (κ2) is 8.37. The number of ether oxygens (including phenoxy) is 3. The van der Waals surface area contributed by atoms with Crippen molar-refractivity contribution in [3.05, 3.63) is 30.6 Å². The predicted octanol–water partition coefficient (Wildman–Crippen LogP) is 3.41. The van der Waals surface area contributed by atoms with Gasteiger partial charge in [0.1, 0.15) is 17.9 Å². The third-order valence-corrected chi connectivity index (χ3v) is 5.38. The van der Waals surface area contributed by atoms with E-state index in [-0.39, 0.29) is 23.2 Å². The normalized spacial score (nSPS) is 17.1. The van der Waals surface area contributed by atoms with Gasteiger partial charge in [-0.15, -0.1) is 0 Å². The molecule has 1 N–H and O–H groups in total. The van der Waals surface area contributed by atoms with Crippen molar-refractivity contribution in [2.75, 3.05) is 20.8 Å². The van der Waals surface area contributed by atoms with Gasteiger partial charge in [0.15, 0.2) is 11.5 Å². The number of nitrogens with zero attached hydrogens (tertiary/aromatic N) is 3. The molecule has 0 radical (unpaired) electrons. The number of carbonyl (C=O) groups excluding carboxylic acids is 1. The Hall–Kier alpha value is -3.43. The molecule has 1 aromatic carbocycles. The van der Waals surface area contributed by atoms with Crippen LogP contribution in [0.1, 0.15) is 19.9 Å². The van der Waals surface area contributed by atoms with Crippen molar-refractivity contribution in [2.24, 2.45) is 5.92 Å². The average molecular weight is 432 g/mol. The fourth-order valence-corrected chi connectivity index (χ4v) is 3.63. The Balaban J connectivity index is 1.79. The summed E-state index contributed by atoms with van der Waals surface area (Å²) in [5.74, 6) is 0.948. The molecule has 2 aromatic heterocycles. The van der Waals surface area contributed by atoms with Gasteiger partial charge in [0.2, 0.25) is 11.8 Å². The number of halogens is 2. The molecule has 1 aliphatic rings. The van der Waals surface area contributed by atoms with Crippen LogP contribution < -0.4 is 19.5 Å². The first-order valence-corrected chi connectivity index (χ1v) is 9.72. The van der Waals surface area contributed by atoms with Crippen LogP contribution in [0.15, 0.2) is 30.6 Å². The highest BCUT2D eigenvalue weighted by Gasteiger charge is 2.29. The predicted molar refractivity (Wildman–Crippen MR) is 109 cm³/mol. The van der Waals surface area contributed by atoms with Gasteiger partial charge in [0.25, 0.3) is 0 Å². The van der Waals surface area contributed by atoms with E-state index in [1.54, 1.807) is 31.2 Å². The number of nitrogens with one attached hydrogen (secondary N) is 1. The average Bonchev–Trinajstić information content (AvgIpc) is 3.39. The number of pyridine rings is 1. The lowest BCUT2D eigenvalue weighted by atomic mass is 10.0. The fourth-order valence-electron chi connectivity index (χ4n) is 3.63. The number of imidazole rings is 1. The molecule has 164 valence electrons. The molecule has 0 unspecified atom stereocenters. The fraction of sp³-hybridized carbons (Fsp3) is 0.381. The van der Waals surface area contributed by atoms with Crippen LogP contribution in [-0.2, 0) is 4.79 Å². The minimum Gasteiger partial charge on any atom is -0.493 e. The van der Waals surface area contributed by atoms with Crippen LogP contribution in [-0.4, -0.2) is 47.3 Å². The van der Waals surface area contributed by atoms with Crippen molar-refractivity contribution in [3.8, 4) is 28.6 Å². The van der Waals surface area contributed by atoms with Crippen LogP contribution in [0.25, 0.3) is 22.3 Å². The maximum atomic E-state index is 13.6. The molecule has 0 bridgehead atoms. The highest BCUT2D eigenvalue weighted by molar-refractivity contribution is 5.85. The van der Waals surface area contributed by atoms with E-state index in [4.69, 9.17) is 14.2 Å². The SMILES string of the molecule is COc1ccc(-c2cc3ncn(C(F)F)c3c(O[C@H](C)[C@H]3CNC(=O)C3)n2)cc1OC. The number of hydrogen-bond donors (Lipinski definition) is 1. The molecular weight excluding hydrogens is 410 g/mol. The molecule has 0 spiro atoms. The van der Waals surface area contributed by atoms with E-state index in [2.05, 4.69) is 15.3 Å². The lowest BCUT2D eigenvalue weighted by Crippen LogP contribution is -2.26. The smallest absolute Gasteiger partial charge is 0.320 e. The van der Waals surface area contributed by atoms with Crippen LogP contribution in [0.4, 0.5) is 8.78 Å². The van der Waals surface area contributed by atoms with Gasteiger partial charge >= 0.3 is 6.55 Å². The van der Waals surface area contributed by atoms with Crippen molar-refractivity contribution >= 4 is 16.9 Å². The van der Waals surface area contributed by atoms with E-state index in [1.807, 2.05) is 0 Å². The standard InChI is InChI=1S/C21H22F2N4O4/c1-11(13-7-18(28)24-9-13)31-20-19-15(25-10-27(19)21(22)23)8-14(26-20)12-4-5-16(29-2)17(6-12)30-3/h4-6,8,10-11,13,21H,7,9H2,1-3H3,(H,24,28)/t11-,13-/m1/s1. The first-order valence-electron chi connectivity index (χ1n) is 9.72. The van der Waals surface area contributed by atoms with Gasteiger partial charge in [-0.25, -0.2) is 9.97 Å². The van der Waals surface area contributed by atoms with Gasteiger partial charge in [-0.2, -0.15) is 8.78 Å². The molecule has 3 heterocycles. The summed E-state index contributed by atoms with van der Waals surface area (Å²) in [7, 11) is 3.06. The van der Waals surface area contributed by atoms with E-state index in [0.717, 1.165) is 10.9 Å². The Bertz CT molecular complexity index is 1120. The summed E-state index contributed by atoms with van der Waals surface area (Å²) in [5.41, 5.74) is 1.59.